The predicted molar refractivity (Wildman–Crippen MR) is 130 cm³/mol. The molecular weight excluding hydrogens is 477 g/mol. The van der Waals surface area contributed by atoms with Crippen molar-refractivity contribution in [3.8, 4) is 11.5 Å². The van der Waals surface area contributed by atoms with Crippen molar-refractivity contribution in [2.75, 3.05) is 27.3 Å². The number of aliphatic imine (C=N–C) groups is 1. The summed E-state index contributed by atoms with van der Waals surface area (Å²) in [5, 5.41) is 3.24. The van der Waals surface area contributed by atoms with Gasteiger partial charge in [0.25, 0.3) is 0 Å². The lowest BCUT2D eigenvalue weighted by atomic mass is 9.65. The van der Waals surface area contributed by atoms with E-state index in [4.69, 9.17) is 15.2 Å². The normalized spacial score (nSPS) is 15.0. The maximum atomic E-state index is 6.11. The first kappa shape index (κ1) is 23.3. The molecular formula is C23H32IN3O2. The summed E-state index contributed by atoms with van der Waals surface area (Å²) in [6.45, 7) is 1.52. The summed E-state index contributed by atoms with van der Waals surface area (Å²) in [5.74, 6) is 2.01. The summed E-state index contributed by atoms with van der Waals surface area (Å²) in [6.07, 6.45) is 5.66. The summed E-state index contributed by atoms with van der Waals surface area (Å²) in [7, 11) is 3.29. The fraction of sp³-hybridized carbons (Fsp3) is 0.435. The highest BCUT2D eigenvalue weighted by Crippen LogP contribution is 2.44. The Hall–Kier alpha value is -1.96. The highest BCUT2D eigenvalue weighted by molar-refractivity contribution is 14.0. The molecule has 29 heavy (non-hydrogen) atoms. The SMILES string of the molecule is COc1ccc(CCNC(N)=NCC2(Cc3ccccc3)CCC2)cc1OC.I. The van der Waals surface area contributed by atoms with Crippen molar-refractivity contribution in [1.82, 2.24) is 5.32 Å². The van der Waals surface area contributed by atoms with E-state index >= 15 is 0 Å². The van der Waals surface area contributed by atoms with Gasteiger partial charge in [-0.1, -0.05) is 42.8 Å². The summed E-state index contributed by atoms with van der Waals surface area (Å²) in [6, 6.07) is 16.6. The molecule has 2 aromatic carbocycles. The minimum Gasteiger partial charge on any atom is -0.493 e. The molecule has 6 heteroatoms. The number of hydrogen-bond acceptors (Lipinski definition) is 3. The molecule has 0 heterocycles. The average Bonchev–Trinajstić information content (AvgIpc) is 2.70. The van der Waals surface area contributed by atoms with Crippen LogP contribution in [0.4, 0.5) is 0 Å². The van der Waals surface area contributed by atoms with Crippen LogP contribution in [0.5, 0.6) is 11.5 Å². The van der Waals surface area contributed by atoms with Gasteiger partial charge in [0.1, 0.15) is 0 Å². The number of halogens is 1. The molecule has 0 atom stereocenters. The number of nitrogens with one attached hydrogen (secondary N) is 1. The quantitative estimate of drug-likeness (QED) is 0.303. The van der Waals surface area contributed by atoms with Gasteiger partial charge in [0, 0.05) is 13.1 Å². The van der Waals surface area contributed by atoms with Crippen LogP contribution in [0.3, 0.4) is 0 Å². The Balaban J connectivity index is 0.00000300. The molecule has 3 N–H and O–H groups in total. The van der Waals surface area contributed by atoms with Crippen LogP contribution in [-0.4, -0.2) is 33.3 Å². The van der Waals surface area contributed by atoms with Gasteiger partial charge in [-0.25, -0.2) is 0 Å². The van der Waals surface area contributed by atoms with Crippen LogP contribution in [0, 0.1) is 5.41 Å². The Kier molecular flexibility index (Phi) is 9.07. The molecule has 3 rings (SSSR count). The maximum absolute atomic E-state index is 6.11. The first-order chi connectivity index (χ1) is 13.6. The fourth-order valence-electron chi connectivity index (χ4n) is 3.78. The van der Waals surface area contributed by atoms with Crippen molar-refractivity contribution < 1.29 is 9.47 Å². The van der Waals surface area contributed by atoms with Gasteiger partial charge in [0.2, 0.25) is 0 Å². The van der Waals surface area contributed by atoms with Crippen molar-refractivity contribution in [3.05, 3.63) is 59.7 Å². The molecule has 0 unspecified atom stereocenters. The Labute approximate surface area is 191 Å². The van der Waals surface area contributed by atoms with Gasteiger partial charge in [0.05, 0.1) is 14.2 Å². The standard InChI is InChI=1S/C23H31N3O2.HI/c1-27-20-10-9-18(15-21(20)28-2)11-14-25-22(24)26-17-23(12-6-13-23)16-19-7-4-3-5-8-19;/h3-5,7-10,15H,6,11-14,16-17H2,1-2H3,(H3,24,25,26);1H. The van der Waals surface area contributed by atoms with Crippen LogP contribution in [0.25, 0.3) is 0 Å². The first-order valence-electron chi connectivity index (χ1n) is 9.93. The van der Waals surface area contributed by atoms with E-state index in [0.717, 1.165) is 43.0 Å². The predicted octanol–water partition coefficient (Wildman–Crippen LogP) is 4.18. The smallest absolute Gasteiger partial charge is 0.188 e. The van der Waals surface area contributed by atoms with Crippen LogP contribution < -0.4 is 20.5 Å². The van der Waals surface area contributed by atoms with E-state index in [1.807, 2.05) is 18.2 Å². The van der Waals surface area contributed by atoms with Crippen molar-refractivity contribution in [2.45, 2.75) is 32.1 Å². The molecule has 5 nitrogen and oxygen atoms in total. The van der Waals surface area contributed by atoms with Crippen LogP contribution in [-0.2, 0) is 12.8 Å². The van der Waals surface area contributed by atoms with Crippen LogP contribution >= 0.6 is 24.0 Å². The molecule has 1 aliphatic rings. The van der Waals surface area contributed by atoms with E-state index in [-0.39, 0.29) is 29.4 Å². The third-order valence-electron chi connectivity index (χ3n) is 5.59. The average molecular weight is 509 g/mol. The largest absolute Gasteiger partial charge is 0.493 e. The summed E-state index contributed by atoms with van der Waals surface area (Å²) in [5.41, 5.74) is 8.94. The highest BCUT2D eigenvalue weighted by atomic mass is 127. The zero-order chi connectivity index (χ0) is 19.8. The molecule has 0 amide bonds. The lowest BCUT2D eigenvalue weighted by Gasteiger charge is -2.41. The number of ether oxygens (including phenoxy) is 2. The van der Waals surface area contributed by atoms with E-state index in [1.165, 1.54) is 24.8 Å². The second-order valence-electron chi connectivity index (χ2n) is 7.58. The molecule has 0 bridgehead atoms. The van der Waals surface area contributed by atoms with Crippen LogP contribution in [0.1, 0.15) is 30.4 Å². The zero-order valence-electron chi connectivity index (χ0n) is 17.3. The lowest BCUT2D eigenvalue weighted by Crippen LogP contribution is -2.38. The van der Waals surface area contributed by atoms with Crippen molar-refractivity contribution in [2.24, 2.45) is 16.1 Å². The van der Waals surface area contributed by atoms with Gasteiger partial charge in [-0.15, -0.1) is 24.0 Å². The van der Waals surface area contributed by atoms with Crippen LogP contribution in [0.15, 0.2) is 53.5 Å². The lowest BCUT2D eigenvalue weighted by molar-refractivity contribution is 0.145. The van der Waals surface area contributed by atoms with Gasteiger partial charge in [-0.3, -0.25) is 4.99 Å². The number of methoxy groups -OCH3 is 2. The summed E-state index contributed by atoms with van der Waals surface area (Å²) in [4.78, 5) is 4.65. The summed E-state index contributed by atoms with van der Waals surface area (Å²) < 4.78 is 10.6. The molecule has 2 aromatic rings. The third-order valence-corrected chi connectivity index (χ3v) is 5.59. The Morgan fingerprint density at radius 2 is 1.76 bits per heavy atom. The van der Waals surface area contributed by atoms with E-state index in [1.54, 1.807) is 14.2 Å². The molecule has 0 radical (unpaired) electrons. The number of guanidine groups is 1. The fourth-order valence-corrected chi connectivity index (χ4v) is 3.78. The van der Waals surface area contributed by atoms with E-state index in [2.05, 4.69) is 40.6 Å². The number of hydrogen-bond donors (Lipinski definition) is 2. The number of rotatable bonds is 9. The maximum Gasteiger partial charge on any atom is 0.188 e. The second kappa shape index (κ2) is 11.3. The highest BCUT2D eigenvalue weighted by Gasteiger charge is 2.36. The number of benzene rings is 2. The monoisotopic (exact) mass is 509 g/mol. The molecule has 0 spiro atoms. The zero-order valence-corrected chi connectivity index (χ0v) is 19.6. The van der Waals surface area contributed by atoms with Gasteiger partial charge in [0.15, 0.2) is 17.5 Å². The van der Waals surface area contributed by atoms with Gasteiger partial charge in [-0.05, 0) is 54.4 Å². The topological polar surface area (TPSA) is 68.9 Å². The minimum atomic E-state index is 0. The van der Waals surface area contributed by atoms with Crippen molar-refractivity contribution >= 4 is 29.9 Å². The molecule has 0 aromatic heterocycles. The number of nitrogens with two attached hydrogens (primary N) is 1. The van der Waals surface area contributed by atoms with E-state index in [0.29, 0.717) is 5.96 Å². The molecule has 1 fully saturated rings. The van der Waals surface area contributed by atoms with Gasteiger partial charge < -0.3 is 20.5 Å². The van der Waals surface area contributed by atoms with E-state index in [9.17, 15) is 0 Å². The summed E-state index contributed by atoms with van der Waals surface area (Å²) >= 11 is 0. The van der Waals surface area contributed by atoms with E-state index < -0.39 is 0 Å². The number of nitrogens with zero attached hydrogens (tertiary/aromatic N) is 1. The Bertz CT molecular complexity index is 792. The molecule has 158 valence electrons. The minimum absolute atomic E-state index is 0. The van der Waals surface area contributed by atoms with Crippen LogP contribution in [0.2, 0.25) is 0 Å². The third kappa shape index (κ3) is 6.52. The van der Waals surface area contributed by atoms with Crippen molar-refractivity contribution in [1.29, 1.82) is 0 Å². The van der Waals surface area contributed by atoms with Gasteiger partial charge in [-0.2, -0.15) is 0 Å². The Morgan fingerprint density at radius 1 is 1.03 bits per heavy atom. The molecule has 0 saturated heterocycles. The van der Waals surface area contributed by atoms with Gasteiger partial charge >= 0.3 is 0 Å². The second-order valence-corrected chi connectivity index (χ2v) is 7.58. The molecule has 1 aliphatic carbocycles. The molecule has 0 aliphatic heterocycles. The Morgan fingerprint density at radius 3 is 2.38 bits per heavy atom. The first-order valence-corrected chi connectivity index (χ1v) is 9.93. The van der Waals surface area contributed by atoms with Crippen molar-refractivity contribution in [3.63, 3.8) is 0 Å². The molecule has 1 saturated carbocycles.